The van der Waals surface area contributed by atoms with Gasteiger partial charge >= 0.3 is 0 Å². The molecule has 0 amide bonds. The third kappa shape index (κ3) is 3.23. The number of aryl methyl sites for hydroxylation is 2. The Balaban J connectivity index is 2.00. The SMILES string of the molecule is Cc1ccsc1C(C)NCC(C)(O)c1cnn(C)c1. The van der Waals surface area contributed by atoms with Crippen molar-refractivity contribution in [2.75, 3.05) is 6.54 Å². The van der Waals surface area contributed by atoms with E-state index >= 15 is 0 Å². The van der Waals surface area contributed by atoms with Gasteiger partial charge in [-0.1, -0.05) is 0 Å². The van der Waals surface area contributed by atoms with Gasteiger partial charge in [0, 0.05) is 36.3 Å². The summed E-state index contributed by atoms with van der Waals surface area (Å²) in [6.07, 6.45) is 3.56. The highest BCUT2D eigenvalue weighted by atomic mass is 32.1. The highest BCUT2D eigenvalue weighted by Crippen LogP contribution is 2.25. The summed E-state index contributed by atoms with van der Waals surface area (Å²) in [5, 5.41) is 20.1. The number of nitrogens with zero attached hydrogens (tertiary/aromatic N) is 2. The maximum atomic E-state index is 10.5. The van der Waals surface area contributed by atoms with Gasteiger partial charge in [0.1, 0.15) is 5.60 Å². The summed E-state index contributed by atoms with van der Waals surface area (Å²) in [7, 11) is 1.85. The first-order valence-corrected chi connectivity index (χ1v) is 7.27. The molecule has 2 N–H and O–H groups in total. The van der Waals surface area contributed by atoms with Crippen molar-refractivity contribution in [1.29, 1.82) is 0 Å². The highest BCUT2D eigenvalue weighted by molar-refractivity contribution is 7.10. The summed E-state index contributed by atoms with van der Waals surface area (Å²) in [6.45, 7) is 6.55. The van der Waals surface area contributed by atoms with Crippen LogP contribution >= 0.6 is 11.3 Å². The fraction of sp³-hybridized carbons (Fsp3) is 0.500. The highest BCUT2D eigenvalue weighted by Gasteiger charge is 2.25. The lowest BCUT2D eigenvalue weighted by Crippen LogP contribution is -2.36. The average molecular weight is 279 g/mol. The number of aromatic nitrogens is 2. The van der Waals surface area contributed by atoms with Crippen LogP contribution in [-0.2, 0) is 12.6 Å². The minimum Gasteiger partial charge on any atom is -0.384 e. The monoisotopic (exact) mass is 279 g/mol. The molecule has 0 spiro atoms. The maximum Gasteiger partial charge on any atom is 0.102 e. The van der Waals surface area contributed by atoms with Gasteiger partial charge in [-0.15, -0.1) is 11.3 Å². The normalized spacial score (nSPS) is 16.3. The summed E-state index contributed by atoms with van der Waals surface area (Å²) in [4.78, 5) is 1.32. The fourth-order valence-electron chi connectivity index (χ4n) is 2.07. The molecule has 0 aliphatic rings. The third-order valence-electron chi connectivity index (χ3n) is 3.37. The molecular weight excluding hydrogens is 258 g/mol. The third-order valence-corrected chi connectivity index (χ3v) is 4.58. The lowest BCUT2D eigenvalue weighted by atomic mass is 9.99. The summed E-state index contributed by atoms with van der Waals surface area (Å²) in [6, 6.07) is 2.36. The van der Waals surface area contributed by atoms with E-state index in [4.69, 9.17) is 0 Å². The molecule has 0 saturated heterocycles. The number of aliphatic hydroxyl groups is 1. The van der Waals surface area contributed by atoms with Crippen molar-refractivity contribution >= 4 is 11.3 Å². The van der Waals surface area contributed by atoms with Crippen molar-refractivity contribution in [1.82, 2.24) is 15.1 Å². The average Bonchev–Trinajstić information content (AvgIpc) is 2.95. The van der Waals surface area contributed by atoms with E-state index in [1.54, 1.807) is 22.2 Å². The Labute approximate surface area is 118 Å². The predicted octanol–water partition coefficient (Wildman–Crippen LogP) is 2.35. The van der Waals surface area contributed by atoms with E-state index in [1.807, 2.05) is 20.2 Å². The van der Waals surface area contributed by atoms with Gasteiger partial charge in [-0.3, -0.25) is 4.68 Å². The zero-order valence-electron chi connectivity index (χ0n) is 11.8. The van der Waals surface area contributed by atoms with Gasteiger partial charge in [0.2, 0.25) is 0 Å². The summed E-state index contributed by atoms with van der Waals surface area (Å²) < 4.78 is 1.71. The van der Waals surface area contributed by atoms with Crippen LogP contribution in [0.3, 0.4) is 0 Å². The minimum atomic E-state index is -0.909. The molecule has 5 heteroatoms. The zero-order chi connectivity index (χ0) is 14.0. The molecule has 4 nitrogen and oxygen atoms in total. The molecule has 19 heavy (non-hydrogen) atoms. The molecule has 0 fully saturated rings. The molecule has 2 atom stereocenters. The molecule has 0 aliphatic heterocycles. The molecule has 2 aromatic rings. The zero-order valence-corrected chi connectivity index (χ0v) is 12.7. The minimum absolute atomic E-state index is 0.239. The van der Waals surface area contributed by atoms with Crippen LogP contribution in [0.2, 0.25) is 0 Å². The van der Waals surface area contributed by atoms with Crippen LogP contribution in [-0.4, -0.2) is 21.4 Å². The van der Waals surface area contributed by atoms with Gasteiger partial charge in [0.15, 0.2) is 0 Å². The molecule has 2 heterocycles. The van der Waals surface area contributed by atoms with Crippen molar-refractivity contribution in [3.05, 3.63) is 39.8 Å². The summed E-state index contributed by atoms with van der Waals surface area (Å²) in [5.41, 5.74) is 1.22. The maximum absolute atomic E-state index is 10.5. The number of hydrogen-bond donors (Lipinski definition) is 2. The molecule has 2 rings (SSSR count). The largest absolute Gasteiger partial charge is 0.384 e. The van der Waals surface area contributed by atoms with Crippen molar-refractivity contribution < 1.29 is 5.11 Å². The fourth-order valence-corrected chi connectivity index (χ4v) is 3.03. The first-order chi connectivity index (χ1) is 8.90. The van der Waals surface area contributed by atoms with Crippen LogP contribution in [0.1, 0.15) is 35.9 Å². The first kappa shape index (κ1) is 14.2. The van der Waals surface area contributed by atoms with E-state index < -0.39 is 5.60 Å². The van der Waals surface area contributed by atoms with Crippen LogP contribution in [0, 0.1) is 6.92 Å². The van der Waals surface area contributed by atoms with E-state index in [-0.39, 0.29) is 6.04 Å². The number of thiophene rings is 1. The van der Waals surface area contributed by atoms with E-state index in [0.717, 1.165) is 5.56 Å². The summed E-state index contributed by atoms with van der Waals surface area (Å²) >= 11 is 1.75. The standard InChI is InChI=1S/C14H21N3OS/c1-10-5-6-19-13(10)11(2)15-9-14(3,18)12-7-16-17(4)8-12/h5-8,11,15,18H,9H2,1-4H3. The van der Waals surface area contributed by atoms with Crippen LogP contribution in [0.15, 0.2) is 23.8 Å². The topological polar surface area (TPSA) is 50.1 Å². The Hall–Kier alpha value is -1.17. The summed E-state index contributed by atoms with van der Waals surface area (Å²) in [5.74, 6) is 0. The second kappa shape index (κ2) is 5.45. The van der Waals surface area contributed by atoms with Crippen LogP contribution in [0.25, 0.3) is 0 Å². The predicted molar refractivity (Wildman–Crippen MR) is 78.3 cm³/mol. The Bertz CT molecular complexity index is 544. The first-order valence-electron chi connectivity index (χ1n) is 6.39. The molecule has 2 aromatic heterocycles. The second-order valence-electron chi connectivity index (χ2n) is 5.25. The number of nitrogens with one attached hydrogen (secondary N) is 1. The number of rotatable bonds is 5. The van der Waals surface area contributed by atoms with E-state index in [1.165, 1.54) is 10.4 Å². The lowest BCUT2D eigenvalue weighted by Gasteiger charge is -2.25. The molecule has 0 bridgehead atoms. The van der Waals surface area contributed by atoms with Gasteiger partial charge in [-0.25, -0.2) is 0 Å². The Kier molecular flexibility index (Phi) is 4.08. The van der Waals surface area contributed by atoms with Crippen molar-refractivity contribution in [3.8, 4) is 0 Å². The van der Waals surface area contributed by atoms with E-state index in [0.29, 0.717) is 6.54 Å². The Morgan fingerprint density at radius 2 is 2.32 bits per heavy atom. The lowest BCUT2D eigenvalue weighted by molar-refractivity contribution is 0.0544. The Morgan fingerprint density at radius 3 is 2.84 bits per heavy atom. The van der Waals surface area contributed by atoms with Gasteiger partial charge in [-0.05, 0) is 37.8 Å². The van der Waals surface area contributed by atoms with Gasteiger partial charge < -0.3 is 10.4 Å². The van der Waals surface area contributed by atoms with Gasteiger partial charge in [0.05, 0.1) is 6.20 Å². The van der Waals surface area contributed by atoms with Crippen LogP contribution < -0.4 is 5.32 Å². The molecule has 104 valence electrons. The quantitative estimate of drug-likeness (QED) is 0.883. The molecular formula is C14H21N3OS. The molecule has 0 radical (unpaired) electrons. The Morgan fingerprint density at radius 1 is 1.58 bits per heavy atom. The molecule has 0 aromatic carbocycles. The van der Waals surface area contributed by atoms with Crippen molar-refractivity contribution in [2.45, 2.75) is 32.4 Å². The van der Waals surface area contributed by atoms with Crippen molar-refractivity contribution in [2.24, 2.45) is 7.05 Å². The smallest absolute Gasteiger partial charge is 0.102 e. The van der Waals surface area contributed by atoms with Crippen molar-refractivity contribution in [3.63, 3.8) is 0 Å². The molecule has 0 aliphatic carbocycles. The van der Waals surface area contributed by atoms with E-state index in [9.17, 15) is 5.11 Å². The van der Waals surface area contributed by atoms with Crippen LogP contribution in [0.5, 0.6) is 0 Å². The molecule has 0 saturated carbocycles. The van der Waals surface area contributed by atoms with Gasteiger partial charge in [-0.2, -0.15) is 5.10 Å². The number of hydrogen-bond acceptors (Lipinski definition) is 4. The van der Waals surface area contributed by atoms with Gasteiger partial charge in [0.25, 0.3) is 0 Å². The molecule has 2 unspecified atom stereocenters. The second-order valence-corrected chi connectivity index (χ2v) is 6.19. The van der Waals surface area contributed by atoms with Crippen LogP contribution in [0.4, 0.5) is 0 Å². The van der Waals surface area contributed by atoms with E-state index in [2.05, 4.69) is 35.7 Å².